The van der Waals surface area contributed by atoms with Crippen LogP contribution in [0, 0.1) is 0 Å². The van der Waals surface area contributed by atoms with Crippen molar-refractivity contribution in [2.75, 3.05) is 13.1 Å². The third-order valence-corrected chi connectivity index (χ3v) is 5.95. The number of ketones is 1. The standard InChI is InChI=1S/C17H18N2O4S.2C2H6/c20-16(14-6-2-1-3-7-14)13-18-12-15(8-9-17(18)21)24(22,23)19-10-4-5-11-19;2*1-2/h1-3,6-9,12H,4-5,10-11,13H2;2*1-2H3. The van der Waals surface area contributed by atoms with E-state index in [9.17, 15) is 18.0 Å². The third-order valence-electron chi connectivity index (χ3n) is 4.07. The van der Waals surface area contributed by atoms with Crippen LogP contribution in [0.15, 0.2) is 58.4 Å². The third kappa shape index (κ3) is 5.87. The topological polar surface area (TPSA) is 76.5 Å². The second-order valence-corrected chi connectivity index (χ2v) is 7.67. The van der Waals surface area contributed by atoms with E-state index in [1.54, 1.807) is 30.3 Å². The quantitative estimate of drug-likeness (QED) is 0.711. The summed E-state index contributed by atoms with van der Waals surface area (Å²) in [7, 11) is -3.62. The number of Topliss-reactive ketones (excluding diaryl/α,β-unsaturated/α-hetero) is 1. The molecule has 0 saturated carbocycles. The maximum Gasteiger partial charge on any atom is 0.251 e. The Labute approximate surface area is 167 Å². The van der Waals surface area contributed by atoms with Crippen molar-refractivity contribution in [2.24, 2.45) is 0 Å². The average molecular weight is 407 g/mol. The Morgan fingerprint density at radius 2 is 1.50 bits per heavy atom. The van der Waals surface area contributed by atoms with E-state index in [0.29, 0.717) is 18.7 Å². The molecule has 0 spiro atoms. The largest absolute Gasteiger partial charge is 0.306 e. The number of sulfonamides is 1. The molecule has 2 heterocycles. The smallest absolute Gasteiger partial charge is 0.251 e. The monoisotopic (exact) mass is 406 g/mol. The van der Waals surface area contributed by atoms with Crippen molar-refractivity contribution < 1.29 is 13.2 Å². The maximum atomic E-state index is 12.6. The lowest BCUT2D eigenvalue weighted by atomic mass is 10.1. The summed E-state index contributed by atoms with van der Waals surface area (Å²) >= 11 is 0. The van der Waals surface area contributed by atoms with Gasteiger partial charge in [0.2, 0.25) is 10.0 Å². The van der Waals surface area contributed by atoms with Crippen LogP contribution in [-0.4, -0.2) is 36.2 Å². The maximum absolute atomic E-state index is 12.6. The first-order valence-electron chi connectivity index (χ1n) is 9.77. The van der Waals surface area contributed by atoms with Crippen molar-refractivity contribution in [3.8, 4) is 0 Å². The predicted octanol–water partition coefficient (Wildman–Crippen LogP) is 3.57. The van der Waals surface area contributed by atoms with Gasteiger partial charge in [0, 0.05) is 30.9 Å². The van der Waals surface area contributed by atoms with Crippen molar-refractivity contribution in [3.63, 3.8) is 0 Å². The molecule has 1 fully saturated rings. The Morgan fingerprint density at radius 1 is 0.929 bits per heavy atom. The second-order valence-electron chi connectivity index (χ2n) is 5.73. The highest BCUT2D eigenvalue weighted by molar-refractivity contribution is 7.89. The van der Waals surface area contributed by atoms with Crippen molar-refractivity contribution in [1.82, 2.24) is 8.87 Å². The Balaban J connectivity index is 0.000000921. The van der Waals surface area contributed by atoms with Gasteiger partial charge in [-0.15, -0.1) is 0 Å². The molecule has 2 aromatic rings. The van der Waals surface area contributed by atoms with Gasteiger partial charge >= 0.3 is 0 Å². The molecule has 0 atom stereocenters. The van der Waals surface area contributed by atoms with Gasteiger partial charge in [0.15, 0.2) is 5.78 Å². The minimum atomic E-state index is -3.62. The number of nitrogens with zero attached hydrogens (tertiary/aromatic N) is 2. The molecule has 0 unspecified atom stereocenters. The predicted molar refractivity (Wildman–Crippen MR) is 112 cm³/mol. The normalized spacial score (nSPS) is 13.7. The highest BCUT2D eigenvalue weighted by Gasteiger charge is 2.27. The van der Waals surface area contributed by atoms with Crippen molar-refractivity contribution in [3.05, 3.63) is 64.6 Å². The summed E-state index contributed by atoms with van der Waals surface area (Å²) in [4.78, 5) is 24.3. The van der Waals surface area contributed by atoms with Crippen molar-refractivity contribution in [1.29, 1.82) is 0 Å². The highest BCUT2D eigenvalue weighted by atomic mass is 32.2. The van der Waals surface area contributed by atoms with Gasteiger partial charge in [-0.05, 0) is 18.9 Å². The van der Waals surface area contributed by atoms with Crippen LogP contribution in [0.5, 0.6) is 0 Å². The molecule has 0 amide bonds. The molecule has 1 aromatic carbocycles. The summed E-state index contributed by atoms with van der Waals surface area (Å²) in [6.07, 6.45) is 2.94. The van der Waals surface area contributed by atoms with Crippen LogP contribution in [-0.2, 0) is 16.6 Å². The van der Waals surface area contributed by atoms with Crippen molar-refractivity contribution in [2.45, 2.75) is 52.0 Å². The van der Waals surface area contributed by atoms with Crippen molar-refractivity contribution >= 4 is 15.8 Å². The molecule has 7 heteroatoms. The van der Waals surface area contributed by atoms with Gasteiger partial charge in [-0.2, -0.15) is 4.31 Å². The first-order valence-corrected chi connectivity index (χ1v) is 11.2. The van der Waals surface area contributed by atoms with E-state index >= 15 is 0 Å². The molecule has 1 aliphatic heterocycles. The van der Waals surface area contributed by atoms with Gasteiger partial charge < -0.3 is 4.57 Å². The number of pyridine rings is 1. The summed E-state index contributed by atoms with van der Waals surface area (Å²) < 4.78 is 27.7. The molecule has 6 nitrogen and oxygen atoms in total. The van der Waals surface area contributed by atoms with Gasteiger partial charge in [0.05, 0.1) is 11.4 Å². The van der Waals surface area contributed by atoms with Gasteiger partial charge in [-0.25, -0.2) is 8.42 Å². The average Bonchev–Trinajstić information content (AvgIpc) is 3.29. The van der Waals surface area contributed by atoms with Gasteiger partial charge in [-0.1, -0.05) is 58.0 Å². The van der Waals surface area contributed by atoms with E-state index in [1.807, 2.05) is 27.7 Å². The molecule has 3 rings (SSSR count). The highest BCUT2D eigenvalue weighted by Crippen LogP contribution is 2.19. The first-order chi connectivity index (χ1) is 13.5. The molecule has 0 aliphatic carbocycles. The number of aromatic nitrogens is 1. The Hall–Kier alpha value is -2.25. The molecule has 0 radical (unpaired) electrons. The zero-order valence-electron chi connectivity index (χ0n) is 17.1. The van der Waals surface area contributed by atoms with Crippen LogP contribution >= 0.6 is 0 Å². The number of hydrogen-bond acceptors (Lipinski definition) is 4. The summed E-state index contributed by atoms with van der Waals surface area (Å²) in [5.41, 5.74) is 0.0804. The van der Waals surface area contributed by atoms with E-state index in [0.717, 1.165) is 17.4 Å². The first kappa shape index (κ1) is 23.8. The minimum absolute atomic E-state index is 0.0462. The minimum Gasteiger partial charge on any atom is -0.306 e. The van der Waals surface area contributed by atoms with Crippen LogP contribution in [0.1, 0.15) is 50.9 Å². The zero-order valence-corrected chi connectivity index (χ0v) is 17.9. The summed E-state index contributed by atoms with van der Waals surface area (Å²) in [5.74, 6) is -0.242. The molecular weight excluding hydrogens is 376 g/mol. The molecule has 154 valence electrons. The molecule has 28 heavy (non-hydrogen) atoms. The van der Waals surface area contributed by atoms with E-state index < -0.39 is 15.6 Å². The summed E-state index contributed by atoms with van der Waals surface area (Å²) in [6.45, 7) is 8.79. The fourth-order valence-electron chi connectivity index (χ4n) is 2.73. The van der Waals surface area contributed by atoms with Gasteiger partial charge in [-0.3, -0.25) is 9.59 Å². The van der Waals surface area contributed by atoms with E-state index in [-0.39, 0.29) is 17.2 Å². The summed E-state index contributed by atoms with van der Waals surface area (Å²) in [5, 5.41) is 0. The zero-order chi connectivity index (χ0) is 21.2. The SMILES string of the molecule is CC.CC.O=C(Cn1cc(S(=O)(=O)N2CCCC2)ccc1=O)c1ccccc1. The van der Waals surface area contributed by atoms with Crippen LogP contribution in [0.2, 0.25) is 0 Å². The van der Waals surface area contributed by atoms with Gasteiger partial charge in [0.25, 0.3) is 5.56 Å². The second kappa shape index (κ2) is 11.6. The van der Waals surface area contributed by atoms with E-state index in [1.165, 1.54) is 22.6 Å². The van der Waals surface area contributed by atoms with Crippen LogP contribution in [0.4, 0.5) is 0 Å². The van der Waals surface area contributed by atoms with Crippen LogP contribution in [0.25, 0.3) is 0 Å². The van der Waals surface area contributed by atoms with Crippen LogP contribution in [0.3, 0.4) is 0 Å². The molecule has 1 saturated heterocycles. The Bertz CT molecular complexity index is 900. The molecule has 0 N–H and O–H groups in total. The Morgan fingerprint density at radius 3 is 2.07 bits per heavy atom. The lowest BCUT2D eigenvalue weighted by molar-refractivity contribution is 0.0970. The van der Waals surface area contributed by atoms with Gasteiger partial charge in [0.1, 0.15) is 0 Å². The van der Waals surface area contributed by atoms with E-state index in [2.05, 4.69) is 0 Å². The number of benzene rings is 1. The molecule has 1 aromatic heterocycles. The number of hydrogen-bond donors (Lipinski definition) is 0. The molecular formula is C21H30N2O4S. The number of rotatable bonds is 5. The number of carbonyl (C=O) groups excluding carboxylic acids is 1. The lowest BCUT2D eigenvalue weighted by Crippen LogP contribution is -2.30. The fraction of sp³-hybridized carbons (Fsp3) is 0.429. The molecule has 1 aliphatic rings. The lowest BCUT2D eigenvalue weighted by Gasteiger charge is -2.16. The van der Waals surface area contributed by atoms with E-state index in [4.69, 9.17) is 0 Å². The van der Waals surface area contributed by atoms with Crippen LogP contribution < -0.4 is 5.56 Å². The Kier molecular flexibility index (Phi) is 9.82. The number of carbonyl (C=O) groups is 1. The molecule has 0 bridgehead atoms. The fourth-order valence-corrected chi connectivity index (χ4v) is 4.27. The summed E-state index contributed by atoms with van der Waals surface area (Å²) in [6, 6.07) is 11.1.